The van der Waals surface area contributed by atoms with Gasteiger partial charge < -0.3 is 15.7 Å². The van der Waals surface area contributed by atoms with E-state index in [1.807, 2.05) is 35.0 Å². The number of allylic oxidation sites excluding steroid dienone is 1. The fourth-order valence-electron chi connectivity index (χ4n) is 2.48. The number of rotatable bonds is 5. The number of nitrogens with zero attached hydrogens (tertiary/aromatic N) is 3. The van der Waals surface area contributed by atoms with Crippen LogP contribution in [0.3, 0.4) is 0 Å². The van der Waals surface area contributed by atoms with Crippen molar-refractivity contribution in [1.82, 2.24) is 20.0 Å². The van der Waals surface area contributed by atoms with Crippen LogP contribution in [-0.4, -0.2) is 14.5 Å². The van der Waals surface area contributed by atoms with Crippen LogP contribution in [0, 0.1) is 0 Å². The molecule has 3 aromatic rings. The van der Waals surface area contributed by atoms with Crippen molar-refractivity contribution in [3.63, 3.8) is 0 Å². The van der Waals surface area contributed by atoms with Crippen LogP contribution in [0.25, 0.3) is 17.1 Å². The zero-order valence-corrected chi connectivity index (χ0v) is 15.6. The first-order chi connectivity index (χ1) is 12.5. The minimum absolute atomic E-state index is 0.532. The van der Waals surface area contributed by atoms with Gasteiger partial charge >= 0.3 is 0 Å². The maximum Gasteiger partial charge on any atom is 0.107 e. The summed E-state index contributed by atoms with van der Waals surface area (Å²) in [5.74, 6) is 5.42. The average Bonchev–Trinajstić information content (AvgIpc) is 3.13. The van der Waals surface area contributed by atoms with Crippen molar-refractivity contribution >= 4 is 28.9 Å². The molecule has 2 heterocycles. The highest BCUT2D eigenvalue weighted by Gasteiger charge is 2.09. The van der Waals surface area contributed by atoms with E-state index in [9.17, 15) is 0 Å². The summed E-state index contributed by atoms with van der Waals surface area (Å²) in [4.78, 5) is 8.80. The fourth-order valence-corrected chi connectivity index (χ4v) is 2.86. The number of nitrogens with one attached hydrogen (secondary N) is 1. The zero-order chi connectivity index (χ0) is 18.7. The normalized spacial score (nSPS) is 12.0. The molecule has 0 saturated heterocycles. The standard InChI is InChI=1S/C18H18Cl2N6/c1-11(25-22)18(21)12-5-6-23-15(7-12)16-9-26(10-24-16)8-13-3-2-4-14(19)17(13)20/h2-7,9-10,25H,8,21-22H2,1H3/b18-11-. The molecule has 0 aliphatic carbocycles. The summed E-state index contributed by atoms with van der Waals surface area (Å²) in [5, 5.41) is 1.08. The second-order valence-corrected chi connectivity index (χ2v) is 6.54. The first-order valence-corrected chi connectivity index (χ1v) is 8.59. The Bertz CT molecular complexity index is 964. The highest BCUT2D eigenvalue weighted by Crippen LogP contribution is 2.26. The molecule has 0 fully saturated rings. The molecule has 26 heavy (non-hydrogen) atoms. The van der Waals surface area contributed by atoms with Gasteiger partial charge in [0.1, 0.15) is 5.69 Å². The van der Waals surface area contributed by atoms with E-state index in [0.717, 1.165) is 16.8 Å². The maximum atomic E-state index is 6.25. The van der Waals surface area contributed by atoms with Crippen LogP contribution in [0.4, 0.5) is 0 Å². The number of pyridine rings is 1. The smallest absolute Gasteiger partial charge is 0.107 e. The van der Waals surface area contributed by atoms with E-state index in [-0.39, 0.29) is 0 Å². The van der Waals surface area contributed by atoms with Crippen molar-refractivity contribution in [3.8, 4) is 11.4 Å². The number of aromatic nitrogens is 3. The van der Waals surface area contributed by atoms with Gasteiger partial charge in [-0.25, -0.2) is 4.98 Å². The SMILES string of the molecule is C/C(NN)=C(/N)c1ccnc(-c2cn(Cc3cccc(Cl)c3Cl)cn2)c1. The van der Waals surface area contributed by atoms with Crippen molar-refractivity contribution in [2.24, 2.45) is 11.6 Å². The summed E-state index contributed by atoms with van der Waals surface area (Å²) >= 11 is 12.3. The number of benzene rings is 1. The Labute approximate surface area is 161 Å². The monoisotopic (exact) mass is 388 g/mol. The Morgan fingerprint density at radius 2 is 2.00 bits per heavy atom. The third kappa shape index (κ3) is 3.83. The zero-order valence-electron chi connectivity index (χ0n) is 14.1. The number of nitrogens with two attached hydrogens (primary N) is 2. The Kier molecular flexibility index (Phi) is 5.46. The van der Waals surface area contributed by atoms with Gasteiger partial charge in [-0.15, -0.1) is 0 Å². The van der Waals surface area contributed by atoms with Crippen LogP contribution in [0.1, 0.15) is 18.1 Å². The Balaban J connectivity index is 1.87. The number of halogens is 2. The van der Waals surface area contributed by atoms with Gasteiger partial charge in [0.25, 0.3) is 0 Å². The fraction of sp³-hybridized carbons (Fsp3) is 0.111. The van der Waals surface area contributed by atoms with Crippen LogP contribution in [0.2, 0.25) is 10.0 Å². The Hall–Kier alpha value is -2.54. The molecule has 0 bridgehead atoms. The number of imidazole rings is 1. The van der Waals surface area contributed by atoms with E-state index in [0.29, 0.717) is 33.7 Å². The second kappa shape index (κ2) is 7.78. The quantitative estimate of drug-likeness (QED) is 0.459. The third-order valence-electron chi connectivity index (χ3n) is 3.97. The highest BCUT2D eigenvalue weighted by atomic mass is 35.5. The molecule has 0 aliphatic rings. The van der Waals surface area contributed by atoms with Crippen LogP contribution < -0.4 is 17.0 Å². The van der Waals surface area contributed by atoms with Gasteiger partial charge in [-0.2, -0.15) is 0 Å². The lowest BCUT2D eigenvalue weighted by Gasteiger charge is -2.08. The second-order valence-electron chi connectivity index (χ2n) is 5.76. The lowest BCUT2D eigenvalue weighted by molar-refractivity contribution is 0.798. The van der Waals surface area contributed by atoms with E-state index in [2.05, 4.69) is 15.4 Å². The average molecular weight is 389 g/mol. The molecule has 3 rings (SSSR count). The minimum Gasteiger partial charge on any atom is -0.397 e. The molecular weight excluding hydrogens is 371 g/mol. The van der Waals surface area contributed by atoms with Gasteiger partial charge in [-0.3, -0.25) is 10.8 Å². The molecule has 0 amide bonds. The Morgan fingerprint density at radius 3 is 2.77 bits per heavy atom. The van der Waals surface area contributed by atoms with Gasteiger partial charge in [0.2, 0.25) is 0 Å². The molecule has 8 heteroatoms. The molecule has 6 nitrogen and oxygen atoms in total. The molecule has 5 N–H and O–H groups in total. The van der Waals surface area contributed by atoms with Gasteiger partial charge in [0.15, 0.2) is 0 Å². The third-order valence-corrected chi connectivity index (χ3v) is 4.83. The molecule has 0 spiro atoms. The van der Waals surface area contributed by atoms with Gasteiger partial charge in [0, 0.05) is 23.7 Å². The van der Waals surface area contributed by atoms with Crippen LogP contribution in [-0.2, 0) is 6.54 Å². The summed E-state index contributed by atoms with van der Waals surface area (Å²) in [6, 6.07) is 9.26. The molecule has 0 radical (unpaired) electrons. The maximum absolute atomic E-state index is 6.25. The van der Waals surface area contributed by atoms with Crippen LogP contribution in [0.5, 0.6) is 0 Å². The first-order valence-electron chi connectivity index (χ1n) is 7.84. The predicted molar refractivity (Wildman–Crippen MR) is 105 cm³/mol. The van der Waals surface area contributed by atoms with E-state index in [4.69, 9.17) is 34.8 Å². The van der Waals surface area contributed by atoms with Crippen molar-refractivity contribution in [2.45, 2.75) is 13.5 Å². The number of hydrogen-bond acceptors (Lipinski definition) is 5. The van der Waals surface area contributed by atoms with Crippen molar-refractivity contribution in [3.05, 3.63) is 75.9 Å². The van der Waals surface area contributed by atoms with Gasteiger partial charge in [0.05, 0.1) is 34.3 Å². The summed E-state index contributed by atoms with van der Waals surface area (Å²) < 4.78 is 1.92. The van der Waals surface area contributed by atoms with Gasteiger partial charge in [-0.05, 0) is 30.7 Å². The first kappa shape index (κ1) is 18.3. The predicted octanol–water partition coefficient (Wildman–Crippen LogP) is 3.41. The minimum atomic E-state index is 0.532. The lowest BCUT2D eigenvalue weighted by atomic mass is 10.1. The van der Waals surface area contributed by atoms with Crippen LogP contribution >= 0.6 is 23.2 Å². The molecule has 0 unspecified atom stereocenters. The summed E-state index contributed by atoms with van der Waals surface area (Å²) in [5.41, 5.74) is 13.1. The van der Waals surface area contributed by atoms with E-state index < -0.39 is 0 Å². The van der Waals surface area contributed by atoms with Gasteiger partial charge in [-0.1, -0.05) is 35.3 Å². The molecule has 1 aromatic carbocycles. The Morgan fingerprint density at radius 1 is 1.19 bits per heavy atom. The molecule has 134 valence electrons. The lowest BCUT2D eigenvalue weighted by Crippen LogP contribution is -2.22. The largest absolute Gasteiger partial charge is 0.397 e. The molecule has 0 aliphatic heterocycles. The summed E-state index contributed by atoms with van der Waals surface area (Å²) in [6.45, 7) is 2.36. The summed E-state index contributed by atoms with van der Waals surface area (Å²) in [6.07, 6.45) is 5.32. The van der Waals surface area contributed by atoms with E-state index in [1.54, 1.807) is 25.5 Å². The van der Waals surface area contributed by atoms with Crippen molar-refractivity contribution in [1.29, 1.82) is 0 Å². The molecule has 2 aromatic heterocycles. The van der Waals surface area contributed by atoms with Crippen LogP contribution in [0.15, 0.2) is 54.7 Å². The van der Waals surface area contributed by atoms with E-state index >= 15 is 0 Å². The van der Waals surface area contributed by atoms with Crippen molar-refractivity contribution < 1.29 is 0 Å². The molecule has 0 saturated carbocycles. The van der Waals surface area contributed by atoms with Crippen molar-refractivity contribution in [2.75, 3.05) is 0 Å². The number of hydrogen-bond donors (Lipinski definition) is 3. The van der Waals surface area contributed by atoms with E-state index in [1.165, 1.54) is 0 Å². The topological polar surface area (TPSA) is 94.8 Å². The highest BCUT2D eigenvalue weighted by molar-refractivity contribution is 6.42. The summed E-state index contributed by atoms with van der Waals surface area (Å²) in [7, 11) is 0. The molecular formula is C18H18Cl2N6. The molecule has 0 atom stereocenters. The number of hydrazine groups is 1.